The molecule has 0 bridgehead atoms. The van der Waals surface area contributed by atoms with E-state index in [1.54, 1.807) is 29.5 Å². The molecule has 0 saturated heterocycles. The molecule has 0 fully saturated rings. The van der Waals surface area contributed by atoms with Crippen molar-refractivity contribution in [2.75, 3.05) is 6.54 Å². The lowest BCUT2D eigenvalue weighted by molar-refractivity contribution is 0.0572. The van der Waals surface area contributed by atoms with Crippen molar-refractivity contribution in [2.45, 2.75) is 39.8 Å². The second-order valence-electron chi connectivity index (χ2n) is 5.79. The first-order chi connectivity index (χ1) is 10.8. The molecular weight excluding hydrogens is 316 g/mol. The van der Waals surface area contributed by atoms with Gasteiger partial charge in [-0.05, 0) is 39.8 Å². The molecule has 23 heavy (non-hydrogen) atoms. The quantitative estimate of drug-likeness (QED) is 0.910. The number of hydrogen-bond donors (Lipinski definition) is 1. The Hall–Kier alpha value is -1.92. The molecule has 0 aliphatic rings. The summed E-state index contributed by atoms with van der Waals surface area (Å²) in [5.74, 6) is -0.253. The molecule has 7 heteroatoms. The van der Waals surface area contributed by atoms with Gasteiger partial charge in [-0.15, -0.1) is 5.10 Å². The topological polar surface area (TPSA) is 71.2 Å². The molecule has 1 aromatic heterocycles. The minimum Gasteiger partial charge on any atom is -0.392 e. The van der Waals surface area contributed by atoms with E-state index < -0.39 is 6.10 Å². The number of aromatic nitrogens is 3. The summed E-state index contributed by atoms with van der Waals surface area (Å²) < 4.78 is 1.55. The van der Waals surface area contributed by atoms with Gasteiger partial charge in [-0.3, -0.25) is 4.79 Å². The maximum atomic E-state index is 12.7. The summed E-state index contributed by atoms with van der Waals surface area (Å²) in [4.78, 5) is 14.3. The summed E-state index contributed by atoms with van der Waals surface area (Å²) in [6.07, 6.45) is -0.611. The Labute approximate surface area is 140 Å². The predicted molar refractivity (Wildman–Crippen MR) is 89.0 cm³/mol. The standard InChI is InChI=1S/C16H21ClN4O2/c1-10(2)20(9-11(3)22)16(23)15-12(4)21(19-18-15)14-8-6-5-7-13(14)17/h5-8,10-11,22H,9H2,1-4H3. The summed E-state index contributed by atoms with van der Waals surface area (Å²) >= 11 is 6.18. The molecule has 1 unspecified atom stereocenters. The molecule has 1 heterocycles. The van der Waals surface area contributed by atoms with Crippen LogP contribution in [0, 0.1) is 6.92 Å². The first kappa shape index (κ1) is 17.4. The summed E-state index contributed by atoms with van der Waals surface area (Å²) in [6.45, 7) is 7.46. The maximum Gasteiger partial charge on any atom is 0.276 e. The fourth-order valence-corrected chi connectivity index (χ4v) is 2.54. The normalized spacial score (nSPS) is 12.5. The van der Waals surface area contributed by atoms with E-state index in [9.17, 15) is 9.90 Å². The summed E-state index contributed by atoms with van der Waals surface area (Å²) in [6, 6.07) is 7.19. The van der Waals surface area contributed by atoms with E-state index in [1.165, 1.54) is 0 Å². The molecule has 124 valence electrons. The molecule has 0 aliphatic heterocycles. The van der Waals surface area contributed by atoms with Crippen molar-refractivity contribution in [1.82, 2.24) is 19.9 Å². The summed E-state index contributed by atoms with van der Waals surface area (Å²) in [5.41, 5.74) is 1.54. The Morgan fingerprint density at radius 2 is 2.00 bits per heavy atom. The third-order valence-corrected chi connectivity index (χ3v) is 3.84. The van der Waals surface area contributed by atoms with Crippen molar-refractivity contribution >= 4 is 17.5 Å². The van der Waals surface area contributed by atoms with Crippen LogP contribution in [0.5, 0.6) is 0 Å². The van der Waals surface area contributed by atoms with Crippen LogP contribution in [-0.4, -0.2) is 49.6 Å². The number of halogens is 1. The van der Waals surface area contributed by atoms with Crippen molar-refractivity contribution < 1.29 is 9.90 Å². The average molecular weight is 337 g/mol. The highest BCUT2D eigenvalue weighted by Crippen LogP contribution is 2.22. The zero-order valence-electron chi connectivity index (χ0n) is 13.7. The van der Waals surface area contributed by atoms with Crippen LogP contribution in [0.15, 0.2) is 24.3 Å². The average Bonchev–Trinajstić information content (AvgIpc) is 2.86. The van der Waals surface area contributed by atoms with Crippen LogP contribution in [0.2, 0.25) is 5.02 Å². The molecule has 6 nitrogen and oxygen atoms in total. The first-order valence-electron chi connectivity index (χ1n) is 7.49. The van der Waals surface area contributed by atoms with Crippen molar-refractivity contribution in [3.05, 3.63) is 40.7 Å². The monoisotopic (exact) mass is 336 g/mol. The largest absolute Gasteiger partial charge is 0.392 e. The lowest BCUT2D eigenvalue weighted by Gasteiger charge is -2.27. The van der Waals surface area contributed by atoms with Gasteiger partial charge in [-0.2, -0.15) is 0 Å². The zero-order valence-corrected chi connectivity index (χ0v) is 14.4. The Kier molecular flexibility index (Phi) is 5.38. The highest BCUT2D eigenvalue weighted by molar-refractivity contribution is 6.32. The van der Waals surface area contributed by atoms with Gasteiger partial charge in [-0.25, -0.2) is 4.68 Å². The number of carbonyl (C=O) groups is 1. The number of rotatable bonds is 5. The van der Waals surface area contributed by atoms with E-state index in [0.29, 0.717) is 16.4 Å². The Balaban J connectivity index is 2.38. The van der Waals surface area contributed by atoms with Gasteiger partial charge in [0.2, 0.25) is 0 Å². The number of carbonyl (C=O) groups excluding carboxylic acids is 1. The molecule has 0 saturated carbocycles. The van der Waals surface area contributed by atoms with Crippen molar-refractivity contribution in [1.29, 1.82) is 0 Å². The van der Waals surface area contributed by atoms with Gasteiger partial charge in [0, 0.05) is 12.6 Å². The SMILES string of the molecule is Cc1c(C(=O)N(CC(C)O)C(C)C)nnn1-c1ccccc1Cl. The molecular formula is C16H21ClN4O2. The number of aliphatic hydroxyl groups is 1. The van der Waals surface area contributed by atoms with Gasteiger partial charge in [0.25, 0.3) is 5.91 Å². The van der Waals surface area contributed by atoms with Crippen LogP contribution in [-0.2, 0) is 0 Å². The Morgan fingerprint density at radius 1 is 1.35 bits per heavy atom. The lowest BCUT2D eigenvalue weighted by Crippen LogP contribution is -2.41. The smallest absolute Gasteiger partial charge is 0.276 e. The van der Waals surface area contributed by atoms with Crippen LogP contribution in [0.4, 0.5) is 0 Å². The number of para-hydroxylation sites is 1. The van der Waals surface area contributed by atoms with E-state index >= 15 is 0 Å². The predicted octanol–water partition coefficient (Wildman–Crippen LogP) is 2.46. The lowest BCUT2D eigenvalue weighted by atomic mass is 10.2. The minimum atomic E-state index is -0.611. The second-order valence-corrected chi connectivity index (χ2v) is 6.19. The number of hydrogen-bond acceptors (Lipinski definition) is 4. The molecule has 1 amide bonds. The van der Waals surface area contributed by atoms with Crippen LogP contribution in [0.3, 0.4) is 0 Å². The zero-order chi connectivity index (χ0) is 17.1. The molecule has 0 radical (unpaired) electrons. The van der Waals surface area contributed by atoms with E-state index in [0.717, 1.165) is 0 Å². The van der Waals surface area contributed by atoms with Gasteiger partial charge in [-0.1, -0.05) is 28.9 Å². The fourth-order valence-electron chi connectivity index (χ4n) is 2.33. The van der Waals surface area contributed by atoms with E-state index in [1.807, 2.05) is 32.0 Å². The number of benzene rings is 1. The molecule has 0 spiro atoms. The van der Waals surface area contributed by atoms with E-state index in [4.69, 9.17) is 11.6 Å². The van der Waals surface area contributed by atoms with Gasteiger partial charge >= 0.3 is 0 Å². The highest BCUT2D eigenvalue weighted by atomic mass is 35.5. The van der Waals surface area contributed by atoms with E-state index in [-0.39, 0.29) is 24.2 Å². The molecule has 2 rings (SSSR count). The summed E-state index contributed by atoms with van der Waals surface area (Å²) in [7, 11) is 0. The number of nitrogens with zero attached hydrogens (tertiary/aromatic N) is 4. The molecule has 1 atom stereocenters. The van der Waals surface area contributed by atoms with Crippen molar-refractivity contribution in [2.24, 2.45) is 0 Å². The van der Waals surface area contributed by atoms with Gasteiger partial charge < -0.3 is 10.0 Å². The van der Waals surface area contributed by atoms with E-state index in [2.05, 4.69) is 10.3 Å². The first-order valence-corrected chi connectivity index (χ1v) is 7.87. The second kappa shape index (κ2) is 7.10. The third-order valence-electron chi connectivity index (χ3n) is 3.52. The van der Waals surface area contributed by atoms with Crippen LogP contribution in [0.1, 0.15) is 37.0 Å². The van der Waals surface area contributed by atoms with Gasteiger partial charge in [0.1, 0.15) is 0 Å². The fraction of sp³-hybridized carbons (Fsp3) is 0.438. The molecule has 1 N–H and O–H groups in total. The van der Waals surface area contributed by atoms with Crippen molar-refractivity contribution in [3.63, 3.8) is 0 Å². The van der Waals surface area contributed by atoms with Crippen LogP contribution in [0.25, 0.3) is 5.69 Å². The van der Waals surface area contributed by atoms with Gasteiger partial charge in [0.15, 0.2) is 5.69 Å². The summed E-state index contributed by atoms with van der Waals surface area (Å²) in [5, 5.41) is 18.2. The number of aliphatic hydroxyl groups excluding tert-OH is 1. The molecule has 1 aromatic carbocycles. The van der Waals surface area contributed by atoms with Gasteiger partial charge in [0.05, 0.1) is 22.5 Å². The maximum absolute atomic E-state index is 12.7. The Bertz CT molecular complexity index is 697. The molecule has 0 aliphatic carbocycles. The molecule has 2 aromatic rings. The third kappa shape index (κ3) is 3.71. The van der Waals surface area contributed by atoms with Crippen molar-refractivity contribution in [3.8, 4) is 5.69 Å². The minimum absolute atomic E-state index is 0.0537. The Morgan fingerprint density at radius 3 is 2.57 bits per heavy atom. The number of amides is 1. The van der Waals surface area contributed by atoms with Crippen LogP contribution < -0.4 is 0 Å². The van der Waals surface area contributed by atoms with Crippen LogP contribution >= 0.6 is 11.6 Å². The highest BCUT2D eigenvalue weighted by Gasteiger charge is 2.26.